The molecule has 0 spiro atoms. The second-order valence-electron chi connectivity index (χ2n) is 6.30. The maximum absolute atomic E-state index is 4.91. The number of hydrogen-bond acceptors (Lipinski definition) is 9. The number of thiazole rings is 1. The normalized spacial score (nSPS) is 14.4. The van der Waals surface area contributed by atoms with E-state index in [2.05, 4.69) is 46.6 Å². The van der Waals surface area contributed by atoms with Gasteiger partial charge in [0.2, 0.25) is 11.9 Å². The summed E-state index contributed by atoms with van der Waals surface area (Å²) < 4.78 is 0. The molecule has 1 fully saturated rings. The first-order valence-corrected chi connectivity index (χ1v) is 10.8. The van der Waals surface area contributed by atoms with E-state index in [9.17, 15) is 0 Å². The Morgan fingerprint density at radius 3 is 2.29 bits per heavy atom. The second-order valence-corrected chi connectivity index (χ2v) is 7.98. The highest BCUT2D eigenvalue weighted by Crippen LogP contribution is 2.33. The minimum Gasteiger partial charge on any atom is -0.337 e. The molecule has 140 valence electrons. The summed E-state index contributed by atoms with van der Waals surface area (Å²) in [7, 11) is 0. The molecule has 0 amide bonds. The lowest BCUT2D eigenvalue weighted by Gasteiger charge is -2.34. The average molecular weight is 408 g/mol. The van der Waals surface area contributed by atoms with Gasteiger partial charge in [-0.05, 0) is 28.5 Å². The molecule has 5 rings (SSSR count). The number of anilines is 2. The van der Waals surface area contributed by atoms with Crippen molar-refractivity contribution in [3.05, 3.63) is 53.1 Å². The Hall–Kier alpha value is -2.91. The lowest BCUT2D eigenvalue weighted by Crippen LogP contribution is -2.47. The van der Waals surface area contributed by atoms with Gasteiger partial charge in [-0.3, -0.25) is 0 Å². The molecule has 4 aromatic rings. The van der Waals surface area contributed by atoms with Gasteiger partial charge in [-0.2, -0.15) is 11.3 Å². The Morgan fingerprint density at radius 1 is 0.821 bits per heavy atom. The van der Waals surface area contributed by atoms with Crippen molar-refractivity contribution >= 4 is 34.6 Å². The summed E-state index contributed by atoms with van der Waals surface area (Å²) in [5.74, 6) is 1.53. The van der Waals surface area contributed by atoms with Gasteiger partial charge < -0.3 is 9.80 Å². The first-order chi connectivity index (χ1) is 13.9. The van der Waals surface area contributed by atoms with Crippen LogP contribution in [0.1, 0.15) is 0 Å². The van der Waals surface area contributed by atoms with E-state index in [1.807, 2.05) is 23.8 Å². The molecule has 0 saturated carbocycles. The molecular formula is C19H17N7S2. The van der Waals surface area contributed by atoms with Gasteiger partial charge in [0.25, 0.3) is 0 Å². The molecule has 28 heavy (non-hydrogen) atoms. The lowest BCUT2D eigenvalue weighted by atomic mass is 10.1. The predicted molar refractivity (Wildman–Crippen MR) is 113 cm³/mol. The summed E-state index contributed by atoms with van der Waals surface area (Å²) in [4.78, 5) is 27.2. The number of aromatic nitrogens is 5. The van der Waals surface area contributed by atoms with Gasteiger partial charge in [-0.15, -0.1) is 11.3 Å². The SMILES string of the molecule is c1cnc(N2CCN(c3ncc(-c4ccsc4)c(-c4nccs4)n3)CC2)nc1. The van der Waals surface area contributed by atoms with E-state index >= 15 is 0 Å². The quantitative estimate of drug-likeness (QED) is 0.513. The fourth-order valence-electron chi connectivity index (χ4n) is 3.22. The Kier molecular flexibility index (Phi) is 4.67. The van der Waals surface area contributed by atoms with Gasteiger partial charge in [0.15, 0.2) is 0 Å². The third-order valence-corrected chi connectivity index (χ3v) is 6.10. The molecule has 5 heterocycles. The third-order valence-electron chi connectivity index (χ3n) is 4.64. The van der Waals surface area contributed by atoms with Gasteiger partial charge in [0, 0.05) is 61.9 Å². The molecule has 4 aromatic heterocycles. The number of hydrogen-bond donors (Lipinski definition) is 0. The minimum absolute atomic E-state index is 0.748. The standard InChI is InChI=1S/C19H17N7S2/c1-3-21-18(22-4-1)25-6-8-26(9-7-25)19-23-12-15(14-2-10-27-13-14)16(24-19)17-20-5-11-28-17/h1-5,10-13H,6-9H2. The molecule has 0 aromatic carbocycles. The number of piperazine rings is 1. The minimum atomic E-state index is 0.748. The van der Waals surface area contributed by atoms with E-state index in [0.717, 1.165) is 59.9 Å². The molecule has 0 unspecified atom stereocenters. The summed E-state index contributed by atoms with van der Waals surface area (Å²) >= 11 is 3.27. The van der Waals surface area contributed by atoms with Gasteiger partial charge >= 0.3 is 0 Å². The first kappa shape index (κ1) is 17.2. The molecule has 0 radical (unpaired) electrons. The number of thiophene rings is 1. The van der Waals surface area contributed by atoms with Crippen molar-refractivity contribution < 1.29 is 0 Å². The zero-order chi connectivity index (χ0) is 18.8. The van der Waals surface area contributed by atoms with Gasteiger partial charge in [-0.1, -0.05) is 0 Å². The van der Waals surface area contributed by atoms with Crippen molar-refractivity contribution in [3.8, 4) is 21.8 Å². The highest BCUT2D eigenvalue weighted by Gasteiger charge is 2.22. The zero-order valence-electron chi connectivity index (χ0n) is 15.0. The fourth-order valence-corrected chi connectivity index (χ4v) is 4.51. The van der Waals surface area contributed by atoms with Crippen LogP contribution in [0.4, 0.5) is 11.9 Å². The van der Waals surface area contributed by atoms with E-state index in [0.29, 0.717) is 0 Å². The maximum Gasteiger partial charge on any atom is 0.226 e. The third kappa shape index (κ3) is 3.34. The van der Waals surface area contributed by atoms with E-state index in [1.54, 1.807) is 35.1 Å². The van der Waals surface area contributed by atoms with E-state index in [4.69, 9.17) is 4.98 Å². The average Bonchev–Trinajstić information content (AvgIpc) is 3.48. The van der Waals surface area contributed by atoms with Crippen LogP contribution in [0.5, 0.6) is 0 Å². The van der Waals surface area contributed by atoms with Crippen molar-refractivity contribution in [1.29, 1.82) is 0 Å². The molecular weight excluding hydrogens is 390 g/mol. The van der Waals surface area contributed by atoms with Crippen LogP contribution in [0.2, 0.25) is 0 Å². The van der Waals surface area contributed by atoms with Crippen molar-refractivity contribution in [1.82, 2.24) is 24.9 Å². The zero-order valence-corrected chi connectivity index (χ0v) is 16.6. The maximum atomic E-state index is 4.91. The molecule has 1 aliphatic heterocycles. The van der Waals surface area contributed by atoms with Gasteiger partial charge in [0.05, 0.1) is 0 Å². The van der Waals surface area contributed by atoms with E-state index in [1.165, 1.54) is 0 Å². The first-order valence-electron chi connectivity index (χ1n) is 8.95. The fraction of sp³-hybridized carbons (Fsp3) is 0.211. The number of nitrogens with zero attached hydrogens (tertiary/aromatic N) is 7. The van der Waals surface area contributed by atoms with E-state index < -0.39 is 0 Å². The van der Waals surface area contributed by atoms with Crippen LogP contribution < -0.4 is 9.80 Å². The second kappa shape index (κ2) is 7.61. The van der Waals surface area contributed by atoms with E-state index in [-0.39, 0.29) is 0 Å². The molecule has 7 nitrogen and oxygen atoms in total. The smallest absolute Gasteiger partial charge is 0.226 e. The molecule has 0 N–H and O–H groups in total. The van der Waals surface area contributed by atoms with Crippen LogP contribution in [0, 0.1) is 0 Å². The Morgan fingerprint density at radius 2 is 1.61 bits per heavy atom. The molecule has 9 heteroatoms. The lowest BCUT2D eigenvalue weighted by molar-refractivity contribution is 0.628. The van der Waals surface area contributed by atoms with Crippen LogP contribution in [0.15, 0.2) is 53.1 Å². The van der Waals surface area contributed by atoms with Crippen molar-refractivity contribution in [2.45, 2.75) is 0 Å². The van der Waals surface area contributed by atoms with Crippen LogP contribution >= 0.6 is 22.7 Å². The Labute approximate surface area is 170 Å². The Balaban J connectivity index is 1.41. The highest BCUT2D eigenvalue weighted by molar-refractivity contribution is 7.13. The topological polar surface area (TPSA) is 70.9 Å². The molecule has 1 aliphatic rings. The molecule has 1 saturated heterocycles. The number of rotatable bonds is 4. The summed E-state index contributed by atoms with van der Waals surface area (Å²) in [6.45, 7) is 3.33. The van der Waals surface area contributed by atoms with Gasteiger partial charge in [-0.25, -0.2) is 24.9 Å². The molecule has 0 aliphatic carbocycles. The van der Waals surface area contributed by atoms with Crippen LogP contribution in [-0.4, -0.2) is 51.1 Å². The van der Waals surface area contributed by atoms with Crippen molar-refractivity contribution in [2.75, 3.05) is 36.0 Å². The Bertz CT molecular complexity index is 1030. The highest BCUT2D eigenvalue weighted by atomic mass is 32.1. The van der Waals surface area contributed by atoms with Crippen molar-refractivity contribution in [3.63, 3.8) is 0 Å². The van der Waals surface area contributed by atoms with Crippen LogP contribution in [0.25, 0.3) is 21.8 Å². The summed E-state index contributed by atoms with van der Waals surface area (Å²) in [6, 6.07) is 3.93. The van der Waals surface area contributed by atoms with Crippen LogP contribution in [-0.2, 0) is 0 Å². The predicted octanol–water partition coefficient (Wildman–Crippen LogP) is 3.45. The summed E-state index contributed by atoms with van der Waals surface area (Å²) in [5, 5.41) is 7.09. The van der Waals surface area contributed by atoms with Crippen molar-refractivity contribution in [2.24, 2.45) is 0 Å². The molecule has 0 atom stereocenters. The summed E-state index contributed by atoms with van der Waals surface area (Å²) in [5.41, 5.74) is 3.05. The summed E-state index contributed by atoms with van der Waals surface area (Å²) in [6.07, 6.45) is 7.30. The monoisotopic (exact) mass is 407 g/mol. The molecule has 0 bridgehead atoms. The van der Waals surface area contributed by atoms with Crippen LogP contribution in [0.3, 0.4) is 0 Å². The largest absolute Gasteiger partial charge is 0.337 e. The van der Waals surface area contributed by atoms with Gasteiger partial charge in [0.1, 0.15) is 10.7 Å².